The summed E-state index contributed by atoms with van der Waals surface area (Å²) < 4.78 is 0. The molecule has 1 aromatic rings. The lowest BCUT2D eigenvalue weighted by Crippen LogP contribution is -2.30. The van der Waals surface area contributed by atoms with Crippen LogP contribution < -0.4 is 5.73 Å². The van der Waals surface area contributed by atoms with Crippen molar-refractivity contribution in [1.29, 1.82) is 0 Å². The van der Waals surface area contributed by atoms with E-state index in [1.165, 1.54) is 31.2 Å². The third kappa shape index (κ3) is 2.96. The number of pyridine rings is 1. The van der Waals surface area contributed by atoms with Gasteiger partial charge < -0.3 is 5.73 Å². The van der Waals surface area contributed by atoms with E-state index in [2.05, 4.69) is 4.98 Å². The number of hydrogen-bond acceptors (Lipinski definition) is 2. The van der Waals surface area contributed by atoms with Crippen molar-refractivity contribution >= 4 is 11.6 Å². The Hall–Kier alpha value is -0.600. The van der Waals surface area contributed by atoms with Gasteiger partial charge in [0.15, 0.2) is 0 Å². The van der Waals surface area contributed by atoms with Gasteiger partial charge in [0.05, 0.1) is 5.02 Å². The molecule has 2 unspecified atom stereocenters. The van der Waals surface area contributed by atoms with Crippen LogP contribution in [-0.4, -0.2) is 11.0 Å². The maximum atomic E-state index is 6.22. The van der Waals surface area contributed by atoms with Crippen molar-refractivity contribution < 1.29 is 0 Å². The Bertz CT molecular complexity index is 340. The number of nitrogens with two attached hydrogens (primary N) is 1. The van der Waals surface area contributed by atoms with Crippen LogP contribution >= 0.6 is 11.6 Å². The number of rotatable bonds is 2. The van der Waals surface area contributed by atoms with Crippen molar-refractivity contribution in [1.82, 2.24) is 4.98 Å². The highest BCUT2D eigenvalue weighted by Crippen LogP contribution is 2.27. The molecule has 88 valence electrons. The van der Waals surface area contributed by atoms with E-state index in [1.54, 1.807) is 6.20 Å². The largest absolute Gasteiger partial charge is 0.327 e. The second kappa shape index (κ2) is 5.65. The van der Waals surface area contributed by atoms with Gasteiger partial charge in [0.2, 0.25) is 0 Å². The minimum atomic E-state index is 0.340. The molecule has 2 atom stereocenters. The van der Waals surface area contributed by atoms with E-state index in [4.69, 9.17) is 17.3 Å². The molecule has 0 aliphatic heterocycles. The zero-order chi connectivity index (χ0) is 11.4. The van der Waals surface area contributed by atoms with E-state index in [0.29, 0.717) is 12.0 Å². The first kappa shape index (κ1) is 11.9. The van der Waals surface area contributed by atoms with Crippen LogP contribution in [-0.2, 0) is 6.42 Å². The summed E-state index contributed by atoms with van der Waals surface area (Å²) in [6.07, 6.45) is 10.8. The van der Waals surface area contributed by atoms with Gasteiger partial charge in [0.1, 0.15) is 0 Å². The standard InChI is InChI=1S/C13H19ClN2/c14-12-9-16-7-6-10(12)8-11-4-2-1-3-5-13(11)15/h6-7,9,11,13H,1-5,8,15H2. The maximum absolute atomic E-state index is 6.22. The van der Waals surface area contributed by atoms with Crippen molar-refractivity contribution in [2.45, 2.75) is 44.6 Å². The van der Waals surface area contributed by atoms with E-state index in [-0.39, 0.29) is 0 Å². The Labute approximate surface area is 102 Å². The second-order valence-electron chi connectivity index (χ2n) is 4.73. The lowest BCUT2D eigenvalue weighted by Gasteiger charge is -2.21. The first-order chi connectivity index (χ1) is 7.77. The Balaban J connectivity index is 2.05. The Morgan fingerprint density at radius 2 is 2.12 bits per heavy atom. The van der Waals surface area contributed by atoms with Crippen molar-refractivity contribution in [2.75, 3.05) is 0 Å². The fourth-order valence-electron chi connectivity index (χ4n) is 2.52. The molecule has 1 aliphatic carbocycles. The van der Waals surface area contributed by atoms with Crippen LogP contribution in [0.2, 0.25) is 5.02 Å². The Morgan fingerprint density at radius 1 is 1.31 bits per heavy atom. The molecule has 2 rings (SSSR count). The third-order valence-electron chi connectivity index (χ3n) is 3.56. The van der Waals surface area contributed by atoms with Crippen LogP contribution in [0.1, 0.15) is 37.7 Å². The van der Waals surface area contributed by atoms with E-state index < -0.39 is 0 Å². The number of hydrogen-bond donors (Lipinski definition) is 1. The molecule has 1 aliphatic rings. The van der Waals surface area contributed by atoms with Crippen molar-refractivity contribution in [3.8, 4) is 0 Å². The summed E-state index contributed by atoms with van der Waals surface area (Å²) in [4.78, 5) is 4.01. The van der Waals surface area contributed by atoms with Gasteiger partial charge in [-0.3, -0.25) is 4.98 Å². The van der Waals surface area contributed by atoms with Crippen molar-refractivity contribution in [2.24, 2.45) is 11.7 Å². The highest BCUT2D eigenvalue weighted by atomic mass is 35.5. The molecule has 1 fully saturated rings. The summed E-state index contributed by atoms with van der Waals surface area (Å²) in [6, 6.07) is 2.35. The van der Waals surface area contributed by atoms with Gasteiger partial charge in [-0.1, -0.05) is 30.9 Å². The van der Waals surface area contributed by atoms with Gasteiger partial charge in [0.25, 0.3) is 0 Å². The quantitative estimate of drug-likeness (QED) is 0.804. The topological polar surface area (TPSA) is 38.9 Å². The minimum absolute atomic E-state index is 0.340. The zero-order valence-corrected chi connectivity index (χ0v) is 10.3. The van der Waals surface area contributed by atoms with Gasteiger partial charge in [0, 0.05) is 18.4 Å². The molecule has 2 nitrogen and oxygen atoms in total. The third-order valence-corrected chi connectivity index (χ3v) is 3.90. The highest BCUT2D eigenvalue weighted by Gasteiger charge is 2.21. The van der Waals surface area contributed by atoms with Crippen LogP contribution in [0.25, 0.3) is 0 Å². The second-order valence-corrected chi connectivity index (χ2v) is 5.14. The molecular weight excluding hydrogens is 220 g/mol. The van der Waals surface area contributed by atoms with Crippen LogP contribution in [0.3, 0.4) is 0 Å². The predicted molar refractivity (Wildman–Crippen MR) is 67.5 cm³/mol. The molecule has 1 aromatic heterocycles. The molecule has 3 heteroatoms. The molecule has 0 bridgehead atoms. The average Bonchev–Trinajstić information content (AvgIpc) is 2.48. The summed E-state index contributed by atoms with van der Waals surface area (Å²) in [6.45, 7) is 0. The molecule has 0 saturated heterocycles. The zero-order valence-electron chi connectivity index (χ0n) is 9.53. The Morgan fingerprint density at radius 3 is 2.94 bits per heavy atom. The highest BCUT2D eigenvalue weighted by molar-refractivity contribution is 6.31. The van der Waals surface area contributed by atoms with Crippen LogP contribution in [0.15, 0.2) is 18.5 Å². The van der Waals surface area contributed by atoms with Crippen molar-refractivity contribution in [3.63, 3.8) is 0 Å². The molecule has 1 heterocycles. The number of nitrogens with zero attached hydrogens (tertiary/aromatic N) is 1. The molecule has 0 aromatic carbocycles. The lowest BCUT2D eigenvalue weighted by atomic mass is 9.89. The SMILES string of the molecule is NC1CCCCCC1Cc1ccncc1Cl. The maximum Gasteiger partial charge on any atom is 0.0621 e. The smallest absolute Gasteiger partial charge is 0.0621 e. The molecule has 0 amide bonds. The van der Waals surface area contributed by atoms with Crippen LogP contribution in [0, 0.1) is 5.92 Å². The molecule has 16 heavy (non-hydrogen) atoms. The summed E-state index contributed by atoms with van der Waals surface area (Å²) in [7, 11) is 0. The molecule has 1 saturated carbocycles. The average molecular weight is 239 g/mol. The van der Waals surface area contributed by atoms with E-state index >= 15 is 0 Å². The first-order valence-corrected chi connectivity index (χ1v) is 6.49. The van der Waals surface area contributed by atoms with Gasteiger partial charge in [-0.15, -0.1) is 0 Å². The monoisotopic (exact) mass is 238 g/mol. The van der Waals surface area contributed by atoms with E-state index in [1.807, 2.05) is 12.3 Å². The van der Waals surface area contributed by atoms with Gasteiger partial charge in [-0.05, 0) is 36.8 Å². The molecular formula is C13H19ClN2. The summed E-state index contributed by atoms with van der Waals surface area (Å²) in [5.41, 5.74) is 7.41. The van der Waals surface area contributed by atoms with Crippen LogP contribution in [0.5, 0.6) is 0 Å². The fraction of sp³-hybridized carbons (Fsp3) is 0.615. The van der Waals surface area contributed by atoms with E-state index in [9.17, 15) is 0 Å². The van der Waals surface area contributed by atoms with Gasteiger partial charge in [-0.25, -0.2) is 0 Å². The van der Waals surface area contributed by atoms with Crippen LogP contribution in [0.4, 0.5) is 0 Å². The molecule has 0 spiro atoms. The Kier molecular flexibility index (Phi) is 4.19. The predicted octanol–water partition coefficient (Wildman–Crippen LogP) is 3.19. The summed E-state index contributed by atoms with van der Waals surface area (Å²) in [5, 5.41) is 0.777. The normalized spacial score (nSPS) is 26.4. The number of halogens is 1. The van der Waals surface area contributed by atoms with E-state index in [0.717, 1.165) is 17.9 Å². The molecule has 2 N–H and O–H groups in total. The van der Waals surface area contributed by atoms with Crippen molar-refractivity contribution in [3.05, 3.63) is 29.0 Å². The molecule has 0 radical (unpaired) electrons. The fourth-order valence-corrected chi connectivity index (χ4v) is 2.72. The first-order valence-electron chi connectivity index (χ1n) is 6.11. The van der Waals surface area contributed by atoms with Gasteiger partial charge in [-0.2, -0.15) is 0 Å². The lowest BCUT2D eigenvalue weighted by molar-refractivity contribution is 0.395. The van der Waals surface area contributed by atoms with Gasteiger partial charge >= 0.3 is 0 Å². The summed E-state index contributed by atoms with van der Waals surface area (Å²) >= 11 is 6.13. The summed E-state index contributed by atoms with van der Waals surface area (Å²) in [5.74, 6) is 0.586. The number of aromatic nitrogens is 1. The minimum Gasteiger partial charge on any atom is -0.327 e.